The van der Waals surface area contributed by atoms with Gasteiger partial charge in [-0.2, -0.15) is 0 Å². The average molecular weight is 424 g/mol. The van der Waals surface area contributed by atoms with Crippen molar-refractivity contribution in [2.24, 2.45) is 0 Å². The zero-order valence-electron chi connectivity index (χ0n) is 16.8. The highest BCUT2D eigenvalue weighted by Crippen LogP contribution is 2.29. The number of hydrogen-bond acceptors (Lipinski definition) is 3. The molecule has 0 spiro atoms. The summed E-state index contributed by atoms with van der Waals surface area (Å²) >= 11 is 6.49. The number of carbonyl (C=O) groups excluding carboxylic acids is 1. The standard InChI is InChI=1S/C23H22ClN3O3/c1-14-3-5-16(6-4-14)20-12-19(24)18-8-7-17(11-21(18)25-20)22(28)26-9-10-27(23(29)30)15(2)13-26/h3-8,11-12,15H,9-10,13H2,1-2H3,(H,29,30). The van der Waals surface area contributed by atoms with E-state index in [9.17, 15) is 14.7 Å². The van der Waals surface area contributed by atoms with Crippen molar-refractivity contribution in [3.63, 3.8) is 0 Å². The number of aromatic nitrogens is 1. The molecule has 1 unspecified atom stereocenters. The van der Waals surface area contributed by atoms with E-state index in [2.05, 4.69) is 0 Å². The molecule has 6 nitrogen and oxygen atoms in total. The lowest BCUT2D eigenvalue weighted by Crippen LogP contribution is -2.55. The summed E-state index contributed by atoms with van der Waals surface area (Å²) < 4.78 is 0. The molecule has 1 aliphatic heterocycles. The summed E-state index contributed by atoms with van der Waals surface area (Å²) in [6.07, 6.45) is -0.956. The molecule has 7 heteroatoms. The average Bonchev–Trinajstić information content (AvgIpc) is 2.73. The van der Waals surface area contributed by atoms with Crippen molar-refractivity contribution in [2.75, 3.05) is 19.6 Å². The SMILES string of the molecule is Cc1ccc(-c2cc(Cl)c3ccc(C(=O)N4CCN(C(=O)O)C(C)C4)cc3n2)cc1. The number of carboxylic acid groups (broad SMARTS) is 1. The number of piperazine rings is 1. The monoisotopic (exact) mass is 423 g/mol. The predicted molar refractivity (Wildman–Crippen MR) is 117 cm³/mol. The number of pyridine rings is 1. The Hall–Kier alpha value is -3.12. The maximum atomic E-state index is 13.0. The van der Waals surface area contributed by atoms with Gasteiger partial charge in [-0.3, -0.25) is 4.79 Å². The Morgan fingerprint density at radius 3 is 2.50 bits per heavy atom. The van der Waals surface area contributed by atoms with Gasteiger partial charge in [0.05, 0.1) is 16.2 Å². The maximum Gasteiger partial charge on any atom is 0.407 e. The van der Waals surface area contributed by atoms with Gasteiger partial charge in [-0.1, -0.05) is 47.5 Å². The minimum absolute atomic E-state index is 0.132. The Bertz CT molecular complexity index is 1130. The second-order valence-electron chi connectivity index (χ2n) is 7.66. The van der Waals surface area contributed by atoms with Crippen molar-refractivity contribution in [1.82, 2.24) is 14.8 Å². The first kappa shape index (κ1) is 20.2. The lowest BCUT2D eigenvalue weighted by atomic mass is 10.1. The third-order valence-corrected chi connectivity index (χ3v) is 5.83. The molecule has 0 aliphatic carbocycles. The molecule has 1 aliphatic rings. The van der Waals surface area contributed by atoms with Crippen LogP contribution in [0.15, 0.2) is 48.5 Å². The van der Waals surface area contributed by atoms with Gasteiger partial charge in [0.2, 0.25) is 0 Å². The molecule has 154 valence electrons. The van der Waals surface area contributed by atoms with Gasteiger partial charge in [0, 0.05) is 42.2 Å². The summed E-state index contributed by atoms with van der Waals surface area (Å²) in [4.78, 5) is 32.1. The normalized spacial score (nSPS) is 16.7. The second-order valence-corrected chi connectivity index (χ2v) is 8.07. The first-order valence-corrected chi connectivity index (χ1v) is 10.2. The largest absolute Gasteiger partial charge is 0.465 e. The lowest BCUT2D eigenvalue weighted by molar-refractivity contribution is 0.0507. The number of aryl methyl sites for hydroxylation is 1. The van der Waals surface area contributed by atoms with Crippen LogP contribution in [0.3, 0.4) is 0 Å². The first-order valence-electron chi connectivity index (χ1n) is 9.79. The number of carbonyl (C=O) groups is 2. The molecule has 4 rings (SSSR count). The molecular formula is C23H22ClN3O3. The number of rotatable bonds is 2. The molecule has 2 heterocycles. The van der Waals surface area contributed by atoms with E-state index in [0.29, 0.717) is 35.7 Å². The third-order valence-electron chi connectivity index (χ3n) is 5.51. The highest BCUT2D eigenvalue weighted by Gasteiger charge is 2.30. The molecule has 1 N–H and O–H groups in total. The summed E-state index contributed by atoms with van der Waals surface area (Å²) in [5, 5.41) is 10.6. The fourth-order valence-electron chi connectivity index (χ4n) is 3.80. The van der Waals surface area contributed by atoms with Gasteiger partial charge in [-0.15, -0.1) is 0 Å². The minimum atomic E-state index is -0.956. The smallest absolute Gasteiger partial charge is 0.407 e. The Morgan fingerprint density at radius 2 is 1.83 bits per heavy atom. The number of fused-ring (bicyclic) bond motifs is 1. The van der Waals surface area contributed by atoms with Gasteiger partial charge in [0.25, 0.3) is 5.91 Å². The van der Waals surface area contributed by atoms with Crippen LogP contribution in [-0.4, -0.2) is 57.6 Å². The molecule has 2 amide bonds. The van der Waals surface area contributed by atoms with Crippen molar-refractivity contribution in [3.05, 3.63) is 64.7 Å². The molecule has 30 heavy (non-hydrogen) atoms. The fraction of sp³-hybridized carbons (Fsp3) is 0.261. The number of amides is 2. The number of nitrogens with zero attached hydrogens (tertiary/aromatic N) is 3. The topological polar surface area (TPSA) is 73.7 Å². The Kier molecular flexibility index (Phi) is 5.35. The molecule has 0 saturated carbocycles. The highest BCUT2D eigenvalue weighted by atomic mass is 35.5. The van der Waals surface area contributed by atoms with Gasteiger partial charge >= 0.3 is 6.09 Å². The molecule has 0 radical (unpaired) electrons. The van der Waals surface area contributed by atoms with Crippen LogP contribution in [0.2, 0.25) is 5.02 Å². The Morgan fingerprint density at radius 1 is 1.10 bits per heavy atom. The summed E-state index contributed by atoms with van der Waals surface area (Å²) in [6.45, 7) is 4.87. The van der Waals surface area contributed by atoms with E-state index in [4.69, 9.17) is 16.6 Å². The molecule has 1 saturated heterocycles. The Balaban J connectivity index is 1.64. The van der Waals surface area contributed by atoms with Crippen molar-refractivity contribution in [3.8, 4) is 11.3 Å². The quantitative estimate of drug-likeness (QED) is 0.649. The van der Waals surface area contributed by atoms with Crippen molar-refractivity contribution >= 4 is 34.5 Å². The van der Waals surface area contributed by atoms with Crippen LogP contribution in [0.5, 0.6) is 0 Å². The van der Waals surface area contributed by atoms with Gasteiger partial charge in [0.1, 0.15) is 0 Å². The van der Waals surface area contributed by atoms with E-state index in [1.807, 2.05) is 50.2 Å². The zero-order valence-corrected chi connectivity index (χ0v) is 17.6. The molecule has 1 aromatic heterocycles. The highest BCUT2D eigenvalue weighted by molar-refractivity contribution is 6.35. The van der Waals surface area contributed by atoms with Crippen molar-refractivity contribution in [1.29, 1.82) is 0 Å². The van der Waals surface area contributed by atoms with Gasteiger partial charge in [-0.05, 0) is 32.0 Å². The third kappa shape index (κ3) is 3.83. The fourth-order valence-corrected chi connectivity index (χ4v) is 4.06. The van der Waals surface area contributed by atoms with Crippen molar-refractivity contribution < 1.29 is 14.7 Å². The second kappa shape index (κ2) is 7.95. The Labute approximate surface area is 179 Å². The number of benzene rings is 2. The van der Waals surface area contributed by atoms with Crippen LogP contribution in [-0.2, 0) is 0 Å². The van der Waals surface area contributed by atoms with Crippen LogP contribution >= 0.6 is 11.6 Å². The van der Waals surface area contributed by atoms with E-state index in [1.54, 1.807) is 17.0 Å². The van der Waals surface area contributed by atoms with Crippen molar-refractivity contribution in [2.45, 2.75) is 19.9 Å². The first-order chi connectivity index (χ1) is 14.3. The summed E-state index contributed by atoms with van der Waals surface area (Å²) in [5.74, 6) is -0.132. The molecule has 0 bridgehead atoms. The van der Waals surface area contributed by atoms with Crippen LogP contribution < -0.4 is 0 Å². The zero-order chi connectivity index (χ0) is 21.4. The number of hydrogen-bond donors (Lipinski definition) is 1. The van der Waals surface area contributed by atoms with Crippen LogP contribution in [0.4, 0.5) is 4.79 Å². The van der Waals surface area contributed by atoms with E-state index in [1.165, 1.54) is 4.90 Å². The summed E-state index contributed by atoms with van der Waals surface area (Å²) in [6, 6.07) is 14.9. The summed E-state index contributed by atoms with van der Waals surface area (Å²) in [5.41, 5.74) is 4.04. The van der Waals surface area contributed by atoms with Crippen LogP contribution in [0.25, 0.3) is 22.2 Å². The van der Waals surface area contributed by atoms with Gasteiger partial charge < -0.3 is 14.9 Å². The number of halogens is 1. The predicted octanol–water partition coefficient (Wildman–Crippen LogP) is 4.69. The van der Waals surface area contributed by atoms with Gasteiger partial charge in [0.15, 0.2) is 0 Å². The van der Waals surface area contributed by atoms with Crippen LogP contribution in [0, 0.1) is 6.92 Å². The minimum Gasteiger partial charge on any atom is -0.465 e. The molecular weight excluding hydrogens is 402 g/mol. The van der Waals surface area contributed by atoms with Gasteiger partial charge in [-0.25, -0.2) is 9.78 Å². The van der Waals surface area contributed by atoms with E-state index in [-0.39, 0.29) is 11.9 Å². The maximum absolute atomic E-state index is 13.0. The van der Waals surface area contributed by atoms with E-state index in [0.717, 1.165) is 22.2 Å². The molecule has 2 aromatic carbocycles. The lowest BCUT2D eigenvalue weighted by Gasteiger charge is -2.38. The molecule has 3 aromatic rings. The summed E-state index contributed by atoms with van der Waals surface area (Å²) in [7, 11) is 0. The molecule has 1 fully saturated rings. The van der Waals surface area contributed by atoms with E-state index < -0.39 is 6.09 Å². The van der Waals surface area contributed by atoms with E-state index >= 15 is 0 Å². The van der Waals surface area contributed by atoms with Crippen LogP contribution in [0.1, 0.15) is 22.8 Å². The molecule has 1 atom stereocenters.